The number of ether oxygens (including phenoxy) is 2. The minimum absolute atomic E-state index is 0.0924. The molecule has 0 amide bonds. The zero-order valence-electron chi connectivity index (χ0n) is 19.1. The highest BCUT2D eigenvalue weighted by Crippen LogP contribution is 2.49. The third-order valence-electron chi connectivity index (χ3n) is 5.53. The van der Waals surface area contributed by atoms with E-state index >= 15 is 0 Å². The molecule has 2 aromatic rings. The van der Waals surface area contributed by atoms with Crippen LogP contribution in [-0.2, 0) is 23.4 Å². The molecule has 1 aromatic heterocycles. The number of hydrogen-bond donors (Lipinski definition) is 3. The van der Waals surface area contributed by atoms with Crippen molar-refractivity contribution in [2.75, 3.05) is 6.61 Å². The molecule has 0 bridgehead atoms. The number of para-hydroxylation sites is 1. The molecule has 3 N–H and O–H groups in total. The molecule has 3 unspecified atom stereocenters. The molecule has 15 heteroatoms. The van der Waals surface area contributed by atoms with Gasteiger partial charge >= 0.3 is 25.3 Å². The number of hydrogen-bond acceptors (Lipinski definition) is 9. The van der Waals surface area contributed by atoms with E-state index in [1.807, 2.05) is 4.98 Å². The number of alkyl halides is 2. The van der Waals surface area contributed by atoms with E-state index in [1.165, 1.54) is 12.1 Å². The van der Waals surface area contributed by atoms with E-state index in [0.29, 0.717) is 4.57 Å². The van der Waals surface area contributed by atoms with Gasteiger partial charge in [-0.3, -0.25) is 23.7 Å². The number of H-pyrrole nitrogens is 1. The molecule has 2 fully saturated rings. The van der Waals surface area contributed by atoms with Crippen molar-refractivity contribution in [3.63, 3.8) is 0 Å². The predicted octanol–water partition coefficient (Wildman–Crippen LogP) is 1.32. The second-order valence-corrected chi connectivity index (χ2v) is 10.6. The van der Waals surface area contributed by atoms with Gasteiger partial charge in [0.1, 0.15) is 23.5 Å². The summed E-state index contributed by atoms with van der Waals surface area (Å²) in [6, 6.07) is 7.52. The number of aromatic amines is 1. The summed E-state index contributed by atoms with van der Waals surface area (Å²) in [5.41, 5.74) is -2.84. The largest absolute Gasteiger partial charge is 0.459 e. The Kier molecular flexibility index (Phi) is 6.92. The Labute approximate surface area is 202 Å². The van der Waals surface area contributed by atoms with E-state index in [9.17, 15) is 32.8 Å². The van der Waals surface area contributed by atoms with Crippen LogP contribution in [0.2, 0.25) is 0 Å². The van der Waals surface area contributed by atoms with E-state index < -0.39 is 67.6 Å². The minimum atomic E-state index is -4.42. The fourth-order valence-electron chi connectivity index (χ4n) is 3.85. The molecule has 4 rings (SSSR count). The van der Waals surface area contributed by atoms with Crippen LogP contribution in [-0.4, -0.2) is 57.0 Å². The average Bonchev–Trinajstić information content (AvgIpc) is 3.17. The van der Waals surface area contributed by atoms with Gasteiger partial charge in [-0.15, -0.1) is 0 Å². The molecule has 36 heavy (non-hydrogen) atoms. The Morgan fingerprint density at radius 1 is 1.22 bits per heavy atom. The number of nitrogens with zero attached hydrogens (tertiary/aromatic N) is 1. The Balaban J connectivity index is 1.54. The number of aromatic nitrogens is 2. The summed E-state index contributed by atoms with van der Waals surface area (Å²) in [5, 5.41) is 12.7. The molecular formula is C21H24F2N3O9P. The molecule has 12 nitrogen and oxygen atoms in total. The number of esters is 1. The van der Waals surface area contributed by atoms with E-state index in [4.69, 9.17) is 18.5 Å². The number of nitrogens with one attached hydrogen (secondary N) is 2. The van der Waals surface area contributed by atoms with E-state index in [0.717, 1.165) is 12.3 Å². The van der Waals surface area contributed by atoms with Crippen molar-refractivity contribution in [2.45, 2.75) is 56.3 Å². The smallest absolute Gasteiger partial charge is 0.458 e. The molecule has 2 aliphatic heterocycles. The number of cyclic esters (lactones) is 1. The van der Waals surface area contributed by atoms with Crippen molar-refractivity contribution in [1.29, 1.82) is 0 Å². The van der Waals surface area contributed by atoms with Gasteiger partial charge in [0.05, 0.1) is 6.61 Å². The van der Waals surface area contributed by atoms with E-state index in [1.54, 1.807) is 32.0 Å². The first-order valence-electron chi connectivity index (χ1n) is 10.8. The zero-order chi connectivity index (χ0) is 26.3. The number of halogens is 2. The number of carbonyl (C=O) groups excluding carboxylic acids is 1. The molecule has 0 saturated carbocycles. The second-order valence-electron chi connectivity index (χ2n) is 8.93. The third kappa shape index (κ3) is 5.42. The number of aliphatic hydroxyl groups is 1. The Hall–Kier alpha value is -2.90. The van der Waals surface area contributed by atoms with Crippen LogP contribution in [0.4, 0.5) is 8.78 Å². The van der Waals surface area contributed by atoms with Gasteiger partial charge in [0.15, 0.2) is 6.10 Å². The Morgan fingerprint density at radius 3 is 2.53 bits per heavy atom. The van der Waals surface area contributed by atoms with Gasteiger partial charge in [-0.2, -0.15) is 13.9 Å². The molecule has 0 aliphatic carbocycles. The maximum Gasteiger partial charge on any atom is 0.459 e. The highest BCUT2D eigenvalue weighted by atomic mass is 31.2. The van der Waals surface area contributed by atoms with Crippen LogP contribution in [0.5, 0.6) is 5.75 Å². The van der Waals surface area contributed by atoms with Gasteiger partial charge in [0.2, 0.25) is 6.23 Å². The lowest BCUT2D eigenvalue weighted by atomic mass is 10.0. The monoisotopic (exact) mass is 531 g/mol. The second kappa shape index (κ2) is 9.52. The van der Waals surface area contributed by atoms with Gasteiger partial charge in [0.25, 0.3) is 5.56 Å². The first-order chi connectivity index (χ1) is 16.8. The summed E-state index contributed by atoms with van der Waals surface area (Å²) in [4.78, 5) is 37.3. The Bertz CT molecular complexity index is 1280. The lowest BCUT2D eigenvalue weighted by molar-refractivity contribution is -0.147. The summed E-state index contributed by atoms with van der Waals surface area (Å²) < 4.78 is 64.8. The maximum absolute atomic E-state index is 14.8. The predicted molar refractivity (Wildman–Crippen MR) is 119 cm³/mol. The van der Waals surface area contributed by atoms with Crippen molar-refractivity contribution in [3.8, 4) is 5.75 Å². The SMILES string of the molecule is CC1(C)CC(NP(=O)(OCC2O[C@@H](n3ccc(=O)[nH]c3=O)C(F)(F)[C@@H]2O)Oc2ccccc2)C(=O)O1. The van der Waals surface area contributed by atoms with Crippen molar-refractivity contribution in [3.05, 3.63) is 63.4 Å². The molecule has 196 valence electrons. The maximum atomic E-state index is 14.8. The fourth-order valence-corrected chi connectivity index (χ4v) is 5.35. The first-order valence-corrected chi connectivity index (χ1v) is 12.4. The van der Waals surface area contributed by atoms with Crippen LogP contribution in [0.25, 0.3) is 0 Å². The molecule has 2 saturated heterocycles. The van der Waals surface area contributed by atoms with Crippen LogP contribution in [0.3, 0.4) is 0 Å². The van der Waals surface area contributed by atoms with Crippen molar-refractivity contribution < 1.29 is 41.8 Å². The number of carbonyl (C=O) groups is 1. The van der Waals surface area contributed by atoms with Crippen molar-refractivity contribution >= 4 is 13.7 Å². The summed E-state index contributed by atoms with van der Waals surface area (Å²) in [7, 11) is -4.42. The van der Waals surface area contributed by atoms with Gasteiger partial charge in [-0.1, -0.05) is 18.2 Å². The average molecular weight is 531 g/mol. The molecule has 0 radical (unpaired) electrons. The van der Waals surface area contributed by atoms with Crippen LogP contribution in [0.1, 0.15) is 26.5 Å². The van der Waals surface area contributed by atoms with Gasteiger partial charge < -0.3 is 19.1 Å². The van der Waals surface area contributed by atoms with Crippen molar-refractivity contribution in [2.24, 2.45) is 0 Å². The minimum Gasteiger partial charge on any atom is -0.458 e. The number of benzene rings is 1. The number of rotatable bonds is 8. The van der Waals surface area contributed by atoms with Gasteiger partial charge in [-0.25, -0.2) is 9.36 Å². The van der Waals surface area contributed by atoms with Gasteiger partial charge in [0, 0.05) is 18.7 Å². The molecule has 2 aliphatic rings. The molecular weight excluding hydrogens is 507 g/mol. The fraction of sp³-hybridized carbons (Fsp3) is 0.476. The van der Waals surface area contributed by atoms with Crippen LogP contribution in [0.15, 0.2) is 52.2 Å². The van der Waals surface area contributed by atoms with Gasteiger partial charge in [-0.05, 0) is 26.0 Å². The lowest BCUT2D eigenvalue weighted by Crippen LogP contribution is -2.43. The molecule has 0 spiro atoms. The van der Waals surface area contributed by atoms with Crippen LogP contribution in [0, 0.1) is 0 Å². The Morgan fingerprint density at radius 2 is 1.92 bits per heavy atom. The molecule has 5 atom stereocenters. The van der Waals surface area contributed by atoms with E-state index in [-0.39, 0.29) is 12.2 Å². The van der Waals surface area contributed by atoms with E-state index in [2.05, 4.69) is 5.09 Å². The van der Waals surface area contributed by atoms with Crippen molar-refractivity contribution in [1.82, 2.24) is 14.6 Å². The molecule has 3 heterocycles. The summed E-state index contributed by atoms with van der Waals surface area (Å²) in [6.07, 6.45) is -5.59. The topological polar surface area (TPSA) is 158 Å². The number of aliphatic hydroxyl groups excluding tert-OH is 1. The summed E-state index contributed by atoms with van der Waals surface area (Å²) in [6.45, 7) is 2.44. The normalized spacial score (nSPS) is 28.4. The standard InChI is InChI=1S/C21H24F2N3O9P/c1-20(2)10-13(17(29)34-20)25-36(31,35-12-6-4-3-5-7-12)32-11-14-16(28)21(22,23)18(33-14)26-9-8-15(27)24-19(26)30/h3-9,13-14,16,18,28H,10-11H2,1-2H3,(H,25,31)(H,24,27,30)/t13?,14?,16-,18-,36?/m1/s1. The molecule has 1 aromatic carbocycles. The third-order valence-corrected chi connectivity index (χ3v) is 7.10. The quantitative estimate of drug-likeness (QED) is 0.335. The highest BCUT2D eigenvalue weighted by molar-refractivity contribution is 7.52. The first kappa shape index (κ1) is 26.2. The highest BCUT2D eigenvalue weighted by Gasteiger charge is 2.60. The van der Waals surface area contributed by atoms with Crippen LogP contribution >= 0.6 is 7.75 Å². The summed E-state index contributed by atoms with van der Waals surface area (Å²) in [5.74, 6) is -4.59. The lowest BCUT2D eigenvalue weighted by Gasteiger charge is -2.24. The summed E-state index contributed by atoms with van der Waals surface area (Å²) >= 11 is 0. The zero-order valence-corrected chi connectivity index (χ0v) is 20.0. The van der Waals surface area contributed by atoms with Crippen LogP contribution < -0.4 is 20.9 Å².